The first-order valence-electron chi connectivity index (χ1n) is 8.59. The van der Waals surface area contributed by atoms with Gasteiger partial charge in [0.05, 0.1) is 13.2 Å². The van der Waals surface area contributed by atoms with Crippen LogP contribution in [0, 0.1) is 11.8 Å². The maximum atomic E-state index is 11.8. The van der Waals surface area contributed by atoms with Gasteiger partial charge in [-0.1, -0.05) is 66.2 Å². The Morgan fingerprint density at radius 1 is 0.864 bits per heavy atom. The van der Waals surface area contributed by atoms with Crippen molar-refractivity contribution in [3.05, 3.63) is 0 Å². The Labute approximate surface area is 147 Å². The summed E-state index contributed by atoms with van der Waals surface area (Å²) >= 11 is 0. The second kappa shape index (κ2) is 15.2. The molecule has 0 amide bonds. The normalized spacial score (nSPS) is 16.6. The molecular formula is C16H34FeO4P-. The standard InChI is InChI=1S/C16H35O4P.Fe/c1-5-9-11-15(7-3)13-19-21(17,18)20-14-16(8-4)12-10-6-2;/h15-16H,5-14H2,1-4H3,(H,17,18);/p-1. The molecule has 6 heteroatoms. The van der Waals surface area contributed by atoms with Gasteiger partial charge in [-0.05, 0) is 24.7 Å². The van der Waals surface area contributed by atoms with Crippen molar-refractivity contribution in [1.29, 1.82) is 0 Å². The molecule has 0 radical (unpaired) electrons. The van der Waals surface area contributed by atoms with Crippen LogP contribution in [0.1, 0.15) is 79.1 Å². The molecule has 2 atom stereocenters. The fraction of sp³-hybridized carbons (Fsp3) is 1.00. The van der Waals surface area contributed by atoms with Crippen molar-refractivity contribution in [3.8, 4) is 0 Å². The van der Waals surface area contributed by atoms with Gasteiger partial charge in [0.2, 0.25) is 0 Å². The van der Waals surface area contributed by atoms with E-state index < -0.39 is 7.82 Å². The fourth-order valence-electron chi connectivity index (χ4n) is 2.23. The summed E-state index contributed by atoms with van der Waals surface area (Å²) in [5, 5.41) is 0. The summed E-state index contributed by atoms with van der Waals surface area (Å²) in [5.41, 5.74) is 0. The number of rotatable bonds is 14. The van der Waals surface area contributed by atoms with Gasteiger partial charge in [0.25, 0.3) is 7.82 Å². The summed E-state index contributed by atoms with van der Waals surface area (Å²) in [7, 11) is -4.14. The molecule has 0 N–H and O–H groups in total. The molecule has 0 aliphatic carbocycles. The van der Waals surface area contributed by atoms with Crippen molar-refractivity contribution in [3.63, 3.8) is 0 Å². The Balaban J connectivity index is 0. The molecule has 0 aromatic carbocycles. The van der Waals surface area contributed by atoms with E-state index in [4.69, 9.17) is 9.05 Å². The SMILES string of the molecule is CCCCC(CC)COP(=O)([O-])OCC(CC)CCCC.[Fe]. The molecule has 0 spiro atoms. The molecule has 0 aliphatic heterocycles. The Bertz CT molecular complexity index is 265. The van der Waals surface area contributed by atoms with Gasteiger partial charge in [0, 0.05) is 17.1 Å². The molecule has 0 heterocycles. The van der Waals surface area contributed by atoms with E-state index in [0.29, 0.717) is 11.8 Å². The first-order chi connectivity index (χ1) is 9.99. The largest absolute Gasteiger partial charge is 0.756 e. The molecule has 0 saturated heterocycles. The van der Waals surface area contributed by atoms with Crippen molar-refractivity contribution in [2.75, 3.05) is 13.2 Å². The predicted molar refractivity (Wildman–Crippen MR) is 86.1 cm³/mol. The molecule has 0 aliphatic rings. The molecule has 0 aromatic heterocycles. The molecular weight excluding hydrogens is 343 g/mol. The fourth-order valence-corrected chi connectivity index (χ4v) is 3.09. The van der Waals surface area contributed by atoms with Crippen LogP contribution in [0.2, 0.25) is 0 Å². The summed E-state index contributed by atoms with van der Waals surface area (Å²) in [4.78, 5) is 11.8. The molecule has 22 heavy (non-hydrogen) atoms. The van der Waals surface area contributed by atoms with Gasteiger partial charge < -0.3 is 13.9 Å². The van der Waals surface area contributed by atoms with E-state index in [9.17, 15) is 9.46 Å². The van der Waals surface area contributed by atoms with E-state index in [0.717, 1.165) is 51.4 Å². The number of phosphoric acid groups is 1. The molecule has 0 saturated carbocycles. The molecule has 0 aromatic rings. The summed E-state index contributed by atoms with van der Waals surface area (Å²) < 4.78 is 21.9. The van der Waals surface area contributed by atoms with Gasteiger partial charge in [0.15, 0.2) is 0 Å². The van der Waals surface area contributed by atoms with Crippen molar-refractivity contribution in [1.82, 2.24) is 0 Å². The average molecular weight is 377 g/mol. The second-order valence-corrected chi connectivity index (χ2v) is 7.28. The third-order valence-corrected chi connectivity index (χ3v) is 4.95. The van der Waals surface area contributed by atoms with E-state index in [1.54, 1.807) is 0 Å². The zero-order valence-corrected chi connectivity index (χ0v) is 16.7. The number of phosphoric ester groups is 1. The maximum Gasteiger partial charge on any atom is 0.267 e. The van der Waals surface area contributed by atoms with Gasteiger partial charge in [0.1, 0.15) is 0 Å². The minimum Gasteiger partial charge on any atom is -0.756 e. The van der Waals surface area contributed by atoms with Gasteiger partial charge in [-0.15, -0.1) is 0 Å². The van der Waals surface area contributed by atoms with E-state index in [-0.39, 0.29) is 30.3 Å². The third-order valence-electron chi connectivity index (χ3n) is 4.02. The molecule has 4 nitrogen and oxygen atoms in total. The Morgan fingerprint density at radius 3 is 1.50 bits per heavy atom. The van der Waals surface area contributed by atoms with Gasteiger partial charge in [-0.25, -0.2) is 0 Å². The Hall–Kier alpha value is 0.629. The van der Waals surface area contributed by atoms with Crippen molar-refractivity contribution in [2.45, 2.75) is 79.1 Å². The quantitative estimate of drug-likeness (QED) is 0.319. The van der Waals surface area contributed by atoms with Gasteiger partial charge >= 0.3 is 0 Å². The minimum absolute atomic E-state index is 0. The van der Waals surface area contributed by atoms with Gasteiger partial charge in [-0.3, -0.25) is 4.57 Å². The van der Waals surface area contributed by atoms with Crippen LogP contribution < -0.4 is 4.89 Å². The van der Waals surface area contributed by atoms with E-state index in [1.165, 1.54) is 0 Å². The minimum atomic E-state index is -4.14. The topological polar surface area (TPSA) is 58.6 Å². The molecule has 0 fully saturated rings. The zero-order valence-electron chi connectivity index (χ0n) is 14.7. The van der Waals surface area contributed by atoms with Crippen LogP contribution in [-0.4, -0.2) is 13.2 Å². The van der Waals surface area contributed by atoms with Crippen LogP contribution in [-0.2, 0) is 30.7 Å². The molecule has 136 valence electrons. The summed E-state index contributed by atoms with van der Waals surface area (Å²) in [6.45, 7) is 8.91. The van der Waals surface area contributed by atoms with Crippen molar-refractivity contribution >= 4 is 7.82 Å². The monoisotopic (exact) mass is 377 g/mol. The molecule has 0 rings (SSSR count). The van der Waals surface area contributed by atoms with Crippen LogP contribution in [0.15, 0.2) is 0 Å². The Morgan fingerprint density at radius 2 is 1.23 bits per heavy atom. The summed E-state index contributed by atoms with van der Waals surface area (Å²) in [6, 6.07) is 0. The van der Waals surface area contributed by atoms with Crippen LogP contribution in [0.25, 0.3) is 0 Å². The van der Waals surface area contributed by atoms with Crippen LogP contribution in [0.4, 0.5) is 0 Å². The van der Waals surface area contributed by atoms with E-state index in [1.807, 2.05) is 0 Å². The number of hydrogen-bond donors (Lipinski definition) is 0. The predicted octanol–water partition coefficient (Wildman–Crippen LogP) is 4.92. The average Bonchev–Trinajstić information content (AvgIpc) is 2.47. The van der Waals surface area contributed by atoms with E-state index in [2.05, 4.69) is 27.7 Å². The number of hydrogen-bond acceptors (Lipinski definition) is 4. The third kappa shape index (κ3) is 13.1. The first kappa shape index (κ1) is 24.9. The summed E-state index contributed by atoms with van der Waals surface area (Å²) in [6.07, 6.45) is 8.38. The van der Waals surface area contributed by atoms with Crippen LogP contribution >= 0.6 is 7.82 Å². The molecule has 0 bridgehead atoms. The van der Waals surface area contributed by atoms with Crippen molar-refractivity contribution < 1.29 is 35.6 Å². The molecule has 2 unspecified atom stereocenters. The first-order valence-corrected chi connectivity index (χ1v) is 10.0. The zero-order chi connectivity index (χ0) is 16.1. The maximum absolute atomic E-state index is 11.8. The van der Waals surface area contributed by atoms with Crippen LogP contribution in [0.5, 0.6) is 0 Å². The van der Waals surface area contributed by atoms with Crippen molar-refractivity contribution in [2.24, 2.45) is 11.8 Å². The smallest absolute Gasteiger partial charge is 0.267 e. The Kier molecular flexibility index (Phi) is 17.2. The van der Waals surface area contributed by atoms with Gasteiger partial charge in [-0.2, -0.15) is 0 Å². The summed E-state index contributed by atoms with van der Waals surface area (Å²) in [5.74, 6) is 0.607. The van der Waals surface area contributed by atoms with E-state index >= 15 is 0 Å². The second-order valence-electron chi connectivity index (χ2n) is 5.87. The number of unbranched alkanes of at least 4 members (excludes halogenated alkanes) is 2. The van der Waals surface area contributed by atoms with Crippen LogP contribution in [0.3, 0.4) is 0 Å².